The van der Waals surface area contributed by atoms with Gasteiger partial charge in [-0.05, 0) is 30.5 Å². The summed E-state index contributed by atoms with van der Waals surface area (Å²) in [7, 11) is 1.77. The summed E-state index contributed by atoms with van der Waals surface area (Å²) in [5.74, 6) is 2.21. The van der Waals surface area contributed by atoms with Crippen molar-refractivity contribution in [1.29, 1.82) is 0 Å². The third-order valence-corrected chi connectivity index (χ3v) is 3.97. The number of nitrogen functional groups attached to an aromatic ring is 1. The van der Waals surface area contributed by atoms with Gasteiger partial charge in [-0.3, -0.25) is 4.90 Å². The van der Waals surface area contributed by atoms with Gasteiger partial charge in [0.15, 0.2) is 11.5 Å². The molecule has 0 bridgehead atoms. The molecule has 0 amide bonds. The number of ether oxygens (including phenoxy) is 3. The van der Waals surface area contributed by atoms with E-state index >= 15 is 0 Å². The van der Waals surface area contributed by atoms with Gasteiger partial charge in [0.2, 0.25) is 0 Å². The number of hydrogen-bond acceptors (Lipinski definition) is 5. The Labute approximate surface area is 119 Å². The summed E-state index contributed by atoms with van der Waals surface area (Å²) in [4.78, 5) is 2.42. The van der Waals surface area contributed by atoms with Crippen molar-refractivity contribution in [3.05, 3.63) is 17.7 Å². The van der Waals surface area contributed by atoms with Crippen LogP contribution in [0, 0.1) is 5.92 Å². The molecule has 110 valence electrons. The van der Waals surface area contributed by atoms with Crippen molar-refractivity contribution in [3.63, 3.8) is 0 Å². The van der Waals surface area contributed by atoms with Crippen LogP contribution in [0.1, 0.15) is 12.0 Å². The fourth-order valence-electron chi connectivity index (χ4n) is 2.95. The second-order valence-corrected chi connectivity index (χ2v) is 5.54. The van der Waals surface area contributed by atoms with E-state index in [9.17, 15) is 0 Å². The number of nitrogens with two attached hydrogens (primary N) is 1. The van der Waals surface area contributed by atoms with Crippen molar-refractivity contribution in [2.75, 3.05) is 45.8 Å². The average Bonchev–Trinajstić information content (AvgIpc) is 2.87. The molecule has 0 aromatic heterocycles. The lowest BCUT2D eigenvalue weighted by Crippen LogP contribution is -2.22. The normalized spacial score (nSPS) is 22.1. The molecule has 2 aliphatic rings. The second kappa shape index (κ2) is 5.89. The molecule has 1 saturated heterocycles. The molecular weight excluding hydrogens is 256 g/mol. The molecule has 1 unspecified atom stereocenters. The fourth-order valence-corrected chi connectivity index (χ4v) is 2.95. The standard InChI is InChI=1S/C15H22N2O3/c1-18-10-11-2-3-17(8-11)9-12-6-14-15(7-13(12)16)20-5-4-19-14/h6-7,11H,2-5,8-10,16H2,1H3. The maximum atomic E-state index is 6.13. The molecule has 0 radical (unpaired) electrons. The van der Waals surface area contributed by atoms with E-state index in [1.807, 2.05) is 12.1 Å². The summed E-state index contributed by atoms with van der Waals surface area (Å²) >= 11 is 0. The van der Waals surface area contributed by atoms with Gasteiger partial charge in [0.1, 0.15) is 13.2 Å². The zero-order valence-electron chi connectivity index (χ0n) is 11.9. The average molecular weight is 278 g/mol. The van der Waals surface area contributed by atoms with Crippen LogP contribution in [-0.2, 0) is 11.3 Å². The van der Waals surface area contributed by atoms with Crippen molar-refractivity contribution >= 4 is 5.69 Å². The number of rotatable bonds is 4. The van der Waals surface area contributed by atoms with Crippen LogP contribution in [0.2, 0.25) is 0 Å². The Morgan fingerprint density at radius 1 is 1.30 bits per heavy atom. The molecule has 1 aromatic carbocycles. The third-order valence-electron chi connectivity index (χ3n) is 3.97. The molecule has 1 aromatic rings. The molecule has 2 heterocycles. The van der Waals surface area contributed by atoms with E-state index in [-0.39, 0.29) is 0 Å². The predicted octanol–water partition coefficient (Wildman–Crippen LogP) is 1.51. The molecule has 20 heavy (non-hydrogen) atoms. The molecule has 1 atom stereocenters. The van der Waals surface area contributed by atoms with E-state index in [1.165, 1.54) is 6.42 Å². The maximum absolute atomic E-state index is 6.13. The topological polar surface area (TPSA) is 57.0 Å². The first-order valence-corrected chi connectivity index (χ1v) is 7.15. The van der Waals surface area contributed by atoms with Crippen molar-refractivity contribution in [2.45, 2.75) is 13.0 Å². The zero-order valence-corrected chi connectivity index (χ0v) is 11.9. The van der Waals surface area contributed by atoms with Gasteiger partial charge in [0.05, 0.1) is 6.61 Å². The zero-order chi connectivity index (χ0) is 13.9. The summed E-state index contributed by atoms with van der Waals surface area (Å²) in [5, 5.41) is 0. The highest BCUT2D eigenvalue weighted by atomic mass is 16.6. The molecule has 0 spiro atoms. The van der Waals surface area contributed by atoms with Gasteiger partial charge in [-0.1, -0.05) is 0 Å². The Hall–Kier alpha value is -1.46. The van der Waals surface area contributed by atoms with Gasteiger partial charge < -0.3 is 19.9 Å². The van der Waals surface area contributed by atoms with E-state index in [4.69, 9.17) is 19.9 Å². The Morgan fingerprint density at radius 3 is 2.80 bits per heavy atom. The number of methoxy groups -OCH3 is 1. The van der Waals surface area contributed by atoms with Crippen LogP contribution in [0.4, 0.5) is 5.69 Å². The summed E-state index contributed by atoms with van der Waals surface area (Å²) in [5.41, 5.74) is 8.03. The monoisotopic (exact) mass is 278 g/mol. The summed E-state index contributed by atoms with van der Waals surface area (Å²) in [6.45, 7) is 5.08. The van der Waals surface area contributed by atoms with Crippen molar-refractivity contribution in [3.8, 4) is 11.5 Å². The van der Waals surface area contributed by atoms with Gasteiger partial charge in [0.25, 0.3) is 0 Å². The summed E-state index contributed by atoms with van der Waals surface area (Å²) < 4.78 is 16.4. The molecule has 5 heteroatoms. The fraction of sp³-hybridized carbons (Fsp3) is 0.600. The Morgan fingerprint density at radius 2 is 2.05 bits per heavy atom. The van der Waals surface area contributed by atoms with E-state index in [0.29, 0.717) is 19.1 Å². The number of fused-ring (bicyclic) bond motifs is 1. The Kier molecular flexibility index (Phi) is 3.98. The number of anilines is 1. The van der Waals surface area contributed by atoms with Crippen molar-refractivity contribution < 1.29 is 14.2 Å². The minimum Gasteiger partial charge on any atom is -0.486 e. The molecule has 5 nitrogen and oxygen atoms in total. The van der Waals surface area contributed by atoms with E-state index < -0.39 is 0 Å². The largest absolute Gasteiger partial charge is 0.486 e. The highest BCUT2D eigenvalue weighted by molar-refractivity contribution is 5.58. The molecule has 2 aliphatic heterocycles. The summed E-state index contributed by atoms with van der Waals surface area (Å²) in [6.07, 6.45) is 1.19. The molecule has 2 N–H and O–H groups in total. The van der Waals surface area contributed by atoms with Crippen molar-refractivity contribution in [1.82, 2.24) is 4.90 Å². The number of benzene rings is 1. The van der Waals surface area contributed by atoms with Gasteiger partial charge in [-0.2, -0.15) is 0 Å². The minimum absolute atomic E-state index is 0.594. The van der Waals surface area contributed by atoms with Crippen LogP contribution in [0.5, 0.6) is 11.5 Å². The second-order valence-electron chi connectivity index (χ2n) is 5.54. The first kappa shape index (κ1) is 13.5. The quantitative estimate of drug-likeness (QED) is 0.846. The first-order chi connectivity index (χ1) is 9.76. The number of likely N-dealkylation sites (tertiary alicyclic amines) is 1. The van der Waals surface area contributed by atoms with Crippen LogP contribution in [0.3, 0.4) is 0 Å². The Balaban J connectivity index is 1.68. The highest BCUT2D eigenvalue weighted by Gasteiger charge is 2.23. The van der Waals surface area contributed by atoms with Crippen LogP contribution >= 0.6 is 0 Å². The molecule has 3 rings (SSSR count). The smallest absolute Gasteiger partial charge is 0.163 e. The lowest BCUT2D eigenvalue weighted by atomic mass is 10.1. The van der Waals surface area contributed by atoms with Crippen LogP contribution in [0.15, 0.2) is 12.1 Å². The summed E-state index contributed by atoms with van der Waals surface area (Å²) in [6, 6.07) is 3.90. The third kappa shape index (κ3) is 2.83. The number of hydrogen-bond donors (Lipinski definition) is 1. The van der Waals surface area contributed by atoms with Gasteiger partial charge in [0, 0.05) is 32.0 Å². The van der Waals surface area contributed by atoms with Crippen LogP contribution in [0.25, 0.3) is 0 Å². The van der Waals surface area contributed by atoms with Crippen molar-refractivity contribution in [2.24, 2.45) is 5.92 Å². The molecule has 1 fully saturated rings. The molecular formula is C15H22N2O3. The highest BCUT2D eigenvalue weighted by Crippen LogP contribution is 2.35. The maximum Gasteiger partial charge on any atom is 0.163 e. The van der Waals surface area contributed by atoms with Crippen LogP contribution in [-0.4, -0.2) is 44.9 Å². The van der Waals surface area contributed by atoms with Gasteiger partial charge in [-0.15, -0.1) is 0 Å². The Bertz CT molecular complexity index is 478. The minimum atomic E-state index is 0.594. The van der Waals surface area contributed by atoms with E-state index in [0.717, 1.165) is 49.0 Å². The van der Waals surface area contributed by atoms with Gasteiger partial charge in [-0.25, -0.2) is 0 Å². The predicted molar refractivity (Wildman–Crippen MR) is 77.1 cm³/mol. The van der Waals surface area contributed by atoms with E-state index in [1.54, 1.807) is 7.11 Å². The van der Waals surface area contributed by atoms with Gasteiger partial charge >= 0.3 is 0 Å². The molecule has 0 saturated carbocycles. The van der Waals surface area contributed by atoms with Crippen LogP contribution < -0.4 is 15.2 Å². The first-order valence-electron chi connectivity index (χ1n) is 7.15. The lowest BCUT2D eigenvalue weighted by Gasteiger charge is -2.22. The van der Waals surface area contributed by atoms with E-state index in [2.05, 4.69) is 4.90 Å². The molecule has 0 aliphatic carbocycles. The SMILES string of the molecule is COCC1CCN(Cc2cc3c(cc2N)OCCO3)C1. The number of nitrogens with zero attached hydrogens (tertiary/aromatic N) is 1. The lowest BCUT2D eigenvalue weighted by molar-refractivity contribution is 0.152.